The molecule has 7 nitrogen and oxygen atoms in total. The molecule has 0 aliphatic carbocycles. The first-order valence-electron chi connectivity index (χ1n) is 6.89. The van der Waals surface area contributed by atoms with Crippen molar-refractivity contribution in [3.05, 3.63) is 72.7 Å². The Labute approximate surface area is 132 Å². The molecule has 1 N–H and O–H groups in total. The van der Waals surface area contributed by atoms with Crippen molar-refractivity contribution in [3.8, 4) is 11.6 Å². The number of para-hydroxylation sites is 1. The Hall–Kier alpha value is -3.35. The molecule has 2 aromatic heterocycles. The molecule has 0 spiro atoms. The second-order valence-electron chi connectivity index (χ2n) is 4.53. The second kappa shape index (κ2) is 7.08. The van der Waals surface area contributed by atoms with E-state index in [0.717, 1.165) is 0 Å². The molecule has 0 aliphatic rings. The van der Waals surface area contributed by atoms with Gasteiger partial charge in [-0.25, -0.2) is 9.97 Å². The van der Waals surface area contributed by atoms with E-state index >= 15 is 0 Å². The van der Waals surface area contributed by atoms with E-state index < -0.39 is 0 Å². The van der Waals surface area contributed by atoms with Crippen LogP contribution in [0.1, 0.15) is 16.2 Å². The molecular weight excluding hydrogens is 294 g/mol. The maximum Gasteiger partial charge on any atom is 0.271 e. The van der Waals surface area contributed by atoms with Gasteiger partial charge in [-0.2, -0.15) is 0 Å². The summed E-state index contributed by atoms with van der Waals surface area (Å²) in [5, 5.41) is 2.70. The fraction of sp³-hybridized carbons (Fsp3) is 0.0625. The highest BCUT2D eigenvalue weighted by Gasteiger charge is 2.09. The lowest BCUT2D eigenvalue weighted by Crippen LogP contribution is -2.24. The van der Waals surface area contributed by atoms with Crippen LogP contribution in [0.5, 0.6) is 11.6 Å². The molecule has 0 unspecified atom stereocenters. The average molecular weight is 307 g/mol. The lowest BCUT2D eigenvalue weighted by atomic mass is 10.3. The largest absolute Gasteiger partial charge is 0.438 e. The van der Waals surface area contributed by atoms with E-state index in [0.29, 0.717) is 17.3 Å². The molecule has 114 valence electrons. The summed E-state index contributed by atoms with van der Waals surface area (Å²) in [4.78, 5) is 28.1. The van der Waals surface area contributed by atoms with Gasteiger partial charge in [0.2, 0.25) is 5.88 Å². The third-order valence-electron chi connectivity index (χ3n) is 2.87. The van der Waals surface area contributed by atoms with Gasteiger partial charge in [0.25, 0.3) is 5.91 Å². The number of nitrogens with zero attached hydrogens (tertiary/aromatic N) is 4. The Morgan fingerprint density at radius 2 is 1.87 bits per heavy atom. The van der Waals surface area contributed by atoms with Crippen molar-refractivity contribution in [2.75, 3.05) is 0 Å². The van der Waals surface area contributed by atoms with E-state index in [2.05, 4.69) is 25.3 Å². The van der Waals surface area contributed by atoms with Gasteiger partial charge >= 0.3 is 0 Å². The first-order chi connectivity index (χ1) is 11.3. The van der Waals surface area contributed by atoms with E-state index in [9.17, 15) is 4.79 Å². The van der Waals surface area contributed by atoms with Gasteiger partial charge in [-0.1, -0.05) is 18.2 Å². The normalized spacial score (nSPS) is 10.1. The van der Waals surface area contributed by atoms with Crippen LogP contribution in [0.4, 0.5) is 0 Å². The van der Waals surface area contributed by atoms with Crippen LogP contribution in [0.3, 0.4) is 0 Å². The molecule has 0 fully saturated rings. The van der Waals surface area contributed by atoms with Crippen molar-refractivity contribution in [2.45, 2.75) is 6.54 Å². The third-order valence-corrected chi connectivity index (χ3v) is 2.87. The number of ether oxygens (including phenoxy) is 1. The Morgan fingerprint density at radius 3 is 2.57 bits per heavy atom. The van der Waals surface area contributed by atoms with Gasteiger partial charge < -0.3 is 10.1 Å². The molecule has 0 atom stereocenters. The Bertz CT molecular complexity index is 763. The fourth-order valence-corrected chi connectivity index (χ4v) is 1.78. The van der Waals surface area contributed by atoms with Gasteiger partial charge in [0.15, 0.2) is 0 Å². The van der Waals surface area contributed by atoms with Crippen LogP contribution in [-0.4, -0.2) is 25.8 Å². The zero-order valence-electron chi connectivity index (χ0n) is 12.1. The third kappa shape index (κ3) is 4.07. The lowest BCUT2D eigenvalue weighted by Gasteiger charge is -2.06. The SMILES string of the molecule is O=C(NCc1cnccn1)c1cnc(Oc2ccccc2)cn1. The number of hydrogen-bond acceptors (Lipinski definition) is 6. The van der Waals surface area contributed by atoms with Crippen LogP contribution >= 0.6 is 0 Å². The number of benzene rings is 1. The number of rotatable bonds is 5. The molecule has 3 rings (SSSR count). The van der Waals surface area contributed by atoms with Crippen molar-refractivity contribution in [3.63, 3.8) is 0 Å². The predicted molar refractivity (Wildman–Crippen MR) is 81.8 cm³/mol. The van der Waals surface area contributed by atoms with Crippen LogP contribution in [0.15, 0.2) is 61.3 Å². The molecule has 3 aromatic rings. The summed E-state index contributed by atoms with van der Waals surface area (Å²) in [5.74, 6) is 0.637. The highest BCUT2D eigenvalue weighted by Crippen LogP contribution is 2.17. The van der Waals surface area contributed by atoms with Gasteiger partial charge in [-0.15, -0.1) is 0 Å². The van der Waals surface area contributed by atoms with Gasteiger partial charge in [0, 0.05) is 12.4 Å². The first kappa shape index (κ1) is 14.6. The molecule has 0 aliphatic heterocycles. The van der Waals surface area contributed by atoms with Crippen molar-refractivity contribution in [1.82, 2.24) is 25.3 Å². The molecule has 7 heteroatoms. The highest BCUT2D eigenvalue weighted by atomic mass is 16.5. The second-order valence-corrected chi connectivity index (χ2v) is 4.53. The standard InChI is InChI=1S/C16H13N5O2/c22-16(21-9-12-8-17-6-7-18-12)14-10-20-15(11-19-14)23-13-4-2-1-3-5-13/h1-8,10-11H,9H2,(H,21,22). The molecule has 1 aromatic carbocycles. The monoisotopic (exact) mass is 307 g/mol. The highest BCUT2D eigenvalue weighted by molar-refractivity contribution is 5.91. The minimum absolute atomic E-state index is 0.203. The van der Waals surface area contributed by atoms with Gasteiger partial charge in [0.05, 0.1) is 30.8 Å². The summed E-state index contributed by atoms with van der Waals surface area (Å²) in [6.45, 7) is 0.274. The van der Waals surface area contributed by atoms with Crippen LogP contribution < -0.4 is 10.1 Å². The molecule has 0 saturated carbocycles. The lowest BCUT2D eigenvalue weighted by molar-refractivity contribution is 0.0945. The summed E-state index contributed by atoms with van der Waals surface area (Å²) in [6.07, 6.45) is 7.50. The summed E-state index contributed by atoms with van der Waals surface area (Å²) in [6, 6.07) is 9.23. The average Bonchev–Trinajstić information content (AvgIpc) is 2.62. The van der Waals surface area contributed by atoms with E-state index in [1.165, 1.54) is 12.4 Å². The van der Waals surface area contributed by atoms with Crippen LogP contribution in [-0.2, 0) is 6.54 Å². The number of hydrogen-bond donors (Lipinski definition) is 1. The van der Waals surface area contributed by atoms with Crippen LogP contribution in [0.2, 0.25) is 0 Å². The van der Waals surface area contributed by atoms with Crippen molar-refractivity contribution >= 4 is 5.91 Å². The minimum Gasteiger partial charge on any atom is -0.438 e. The zero-order valence-corrected chi connectivity index (χ0v) is 12.1. The molecular formula is C16H13N5O2. The quantitative estimate of drug-likeness (QED) is 0.775. The van der Waals surface area contributed by atoms with Gasteiger partial charge in [-0.05, 0) is 12.1 Å². The van der Waals surface area contributed by atoms with Gasteiger partial charge in [-0.3, -0.25) is 14.8 Å². The summed E-state index contributed by atoms with van der Waals surface area (Å²) in [5.41, 5.74) is 0.868. The Kier molecular flexibility index (Phi) is 4.49. The number of aromatic nitrogens is 4. The number of amides is 1. The molecule has 1 amide bonds. The molecule has 0 bridgehead atoms. The number of carbonyl (C=O) groups excluding carboxylic acids is 1. The molecule has 2 heterocycles. The summed E-state index contributed by atoms with van der Waals surface area (Å²) in [7, 11) is 0. The predicted octanol–water partition coefficient (Wildman–Crippen LogP) is 1.99. The topological polar surface area (TPSA) is 89.9 Å². The Balaban J connectivity index is 1.59. The van der Waals surface area contributed by atoms with E-state index in [4.69, 9.17) is 4.74 Å². The van der Waals surface area contributed by atoms with E-state index in [1.807, 2.05) is 30.3 Å². The fourth-order valence-electron chi connectivity index (χ4n) is 1.78. The minimum atomic E-state index is -0.339. The maximum atomic E-state index is 12.0. The summed E-state index contributed by atoms with van der Waals surface area (Å²) < 4.78 is 5.52. The number of nitrogens with one attached hydrogen (secondary N) is 1. The number of carbonyl (C=O) groups is 1. The maximum absolute atomic E-state index is 12.0. The summed E-state index contributed by atoms with van der Waals surface area (Å²) >= 11 is 0. The Morgan fingerprint density at radius 1 is 1.00 bits per heavy atom. The smallest absolute Gasteiger partial charge is 0.271 e. The molecule has 0 saturated heterocycles. The van der Waals surface area contributed by atoms with Crippen molar-refractivity contribution in [1.29, 1.82) is 0 Å². The first-order valence-corrected chi connectivity index (χ1v) is 6.89. The van der Waals surface area contributed by atoms with Crippen molar-refractivity contribution in [2.24, 2.45) is 0 Å². The van der Waals surface area contributed by atoms with Crippen LogP contribution in [0.25, 0.3) is 0 Å². The van der Waals surface area contributed by atoms with Gasteiger partial charge in [0.1, 0.15) is 11.4 Å². The van der Waals surface area contributed by atoms with E-state index in [1.54, 1.807) is 18.6 Å². The molecule has 0 radical (unpaired) electrons. The van der Waals surface area contributed by atoms with E-state index in [-0.39, 0.29) is 18.1 Å². The zero-order chi connectivity index (χ0) is 15.9. The van der Waals surface area contributed by atoms with Crippen molar-refractivity contribution < 1.29 is 9.53 Å². The van der Waals surface area contributed by atoms with Crippen LogP contribution in [0, 0.1) is 0 Å². The molecule has 23 heavy (non-hydrogen) atoms.